The van der Waals surface area contributed by atoms with Crippen LogP contribution in [0.1, 0.15) is 32.1 Å². The first-order valence-corrected chi connectivity index (χ1v) is 11.9. The molecule has 3 rings (SSSR count). The van der Waals surface area contributed by atoms with Gasteiger partial charge >= 0.3 is 0 Å². The third kappa shape index (κ3) is 4.31. The largest absolute Gasteiger partial charge is 0.256 e. The van der Waals surface area contributed by atoms with E-state index in [9.17, 15) is 16.8 Å². The van der Waals surface area contributed by atoms with Crippen LogP contribution in [-0.2, 0) is 20.0 Å². The number of hydrogen-bond donors (Lipinski definition) is 0. The number of benzene rings is 2. The predicted octanol–water partition coefficient (Wildman–Crippen LogP) is 3.96. The van der Waals surface area contributed by atoms with Crippen molar-refractivity contribution in [2.45, 2.75) is 47.9 Å². The lowest BCUT2D eigenvalue weighted by Gasteiger charge is -2.29. The van der Waals surface area contributed by atoms with E-state index in [4.69, 9.17) is 0 Å². The van der Waals surface area contributed by atoms with Crippen LogP contribution in [-0.4, -0.2) is 26.6 Å². The third-order valence-electron chi connectivity index (χ3n) is 4.56. The topological polar surface area (TPSA) is 71.5 Å². The summed E-state index contributed by atoms with van der Waals surface area (Å²) in [5.74, 6) is 0. The Balaban J connectivity index is 2.16. The molecule has 0 saturated heterocycles. The molecule has 144 valence electrons. The third-order valence-corrected chi connectivity index (χ3v) is 8.96. The van der Waals surface area contributed by atoms with E-state index in [-0.39, 0.29) is 9.79 Å². The molecular formula is C20H23NO4S2. The van der Waals surface area contributed by atoms with Crippen molar-refractivity contribution in [3.05, 3.63) is 72.8 Å². The van der Waals surface area contributed by atoms with E-state index in [0.29, 0.717) is 10.1 Å². The maximum absolute atomic E-state index is 13.4. The molecule has 7 heteroatoms. The summed E-state index contributed by atoms with van der Waals surface area (Å²) in [7, 11) is -8.48. The average Bonchev–Trinajstić information content (AvgIpc) is 2.65. The van der Waals surface area contributed by atoms with Crippen molar-refractivity contribution in [1.29, 1.82) is 0 Å². The summed E-state index contributed by atoms with van der Waals surface area (Å²) in [4.78, 5) is -0.0556. The molecule has 0 aromatic heterocycles. The lowest BCUT2D eigenvalue weighted by atomic mass is 10.0. The first kappa shape index (κ1) is 19.8. The van der Waals surface area contributed by atoms with Crippen LogP contribution in [0.4, 0.5) is 0 Å². The van der Waals surface area contributed by atoms with Crippen molar-refractivity contribution >= 4 is 20.0 Å². The van der Waals surface area contributed by atoms with Crippen LogP contribution >= 0.6 is 0 Å². The average molecular weight is 406 g/mol. The normalized spacial score (nSPS) is 20.0. The number of rotatable bonds is 5. The summed E-state index contributed by atoms with van der Waals surface area (Å²) in [6, 6.07) is 14.7. The van der Waals surface area contributed by atoms with E-state index >= 15 is 0 Å². The second kappa shape index (κ2) is 8.37. The van der Waals surface area contributed by atoms with Crippen LogP contribution in [0.2, 0.25) is 0 Å². The van der Waals surface area contributed by atoms with Gasteiger partial charge in [-0.05, 0) is 43.5 Å². The molecule has 27 heavy (non-hydrogen) atoms. The molecule has 0 amide bonds. The van der Waals surface area contributed by atoms with E-state index in [1.54, 1.807) is 42.5 Å². The Morgan fingerprint density at radius 1 is 0.704 bits per heavy atom. The van der Waals surface area contributed by atoms with E-state index in [0.717, 1.165) is 25.7 Å². The molecule has 0 radical (unpaired) electrons. The summed E-state index contributed by atoms with van der Waals surface area (Å²) in [6.45, 7) is 0. The molecule has 2 aromatic carbocycles. The lowest BCUT2D eigenvalue weighted by Crippen LogP contribution is -2.43. The second-order valence-electron chi connectivity index (χ2n) is 6.50. The molecule has 0 N–H and O–H groups in total. The van der Waals surface area contributed by atoms with Crippen LogP contribution in [0.15, 0.2) is 82.6 Å². The summed E-state index contributed by atoms with van der Waals surface area (Å²) in [6.07, 6.45) is 7.65. The van der Waals surface area contributed by atoms with Crippen molar-refractivity contribution in [3.63, 3.8) is 0 Å². The van der Waals surface area contributed by atoms with E-state index in [1.807, 2.05) is 6.08 Å². The molecule has 1 aliphatic rings. The molecule has 1 unspecified atom stereocenters. The maximum Gasteiger partial charge on any atom is 0.256 e. The monoisotopic (exact) mass is 405 g/mol. The first-order valence-electron chi connectivity index (χ1n) is 9.00. The molecule has 2 aromatic rings. The van der Waals surface area contributed by atoms with Gasteiger partial charge in [-0.3, -0.25) is 0 Å². The van der Waals surface area contributed by atoms with Crippen molar-refractivity contribution in [2.24, 2.45) is 0 Å². The van der Waals surface area contributed by atoms with Gasteiger partial charge in [-0.25, -0.2) is 16.8 Å². The van der Waals surface area contributed by atoms with Gasteiger partial charge in [-0.2, -0.15) is 0 Å². The Kier molecular flexibility index (Phi) is 6.14. The van der Waals surface area contributed by atoms with Gasteiger partial charge in [0.2, 0.25) is 0 Å². The molecule has 0 aliphatic heterocycles. The zero-order chi connectivity index (χ0) is 19.3. The van der Waals surface area contributed by atoms with Crippen LogP contribution in [0.3, 0.4) is 0 Å². The van der Waals surface area contributed by atoms with Gasteiger partial charge in [0.25, 0.3) is 20.0 Å². The van der Waals surface area contributed by atoms with Gasteiger partial charge in [0.05, 0.1) is 15.8 Å². The van der Waals surface area contributed by atoms with Gasteiger partial charge in [-0.15, -0.1) is 0 Å². The van der Waals surface area contributed by atoms with Crippen molar-refractivity contribution < 1.29 is 16.8 Å². The highest BCUT2D eigenvalue weighted by Crippen LogP contribution is 2.30. The lowest BCUT2D eigenvalue weighted by molar-refractivity contribution is 0.430. The van der Waals surface area contributed by atoms with Crippen LogP contribution in [0, 0.1) is 0 Å². The van der Waals surface area contributed by atoms with Crippen molar-refractivity contribution in [3.8, 4) is 0 Å². The van der Waals surface area contributed by atoms with Gasteiger partial charge < -0.3 is 0 Å². The Labute approximate surface area is 161 Å². The maximum atomic E-state index is 13.4. The summed E-state index contributed by atoms with van der Waals surface area (Å²) in [5, 5.41) is 0. The molecule has 1 aliphatic carbocycles. The summed E-state index contributed by atoms with van der Waals surface area (Å²) >= 11 is 0. The van der Waals surface area contributed by atoms with Gasteiger partial charge in [0, 0.05) is 0 Å². The fourth-order valence-corrected chi connectivity index (χ4v) is 7.23. The Morgan fingerprint density at radius 2 is 1.22 bits per heavy atom. The van der Waals surface area contributed by atoms with E-state index in [2.05, 4.69) is 0 Å². The van der Waals surface area contributed by atoms with Crippen LogP contribution in [0.5, 0.6) is 0 Å². The van der Waals surface area contributed by atoms with Crippen molar-refractivity contribution in [2.75, 3.05) is 0 Å². The highest BCUT2D eigenvalue weighted by molar-refractivity contribution is 8.04. The first-order chi connectivity index (χ1) is 12.9. The quantitative estimate of drug-likeness (QED) is 0.706. The van der Waals surface area contributed by atoms with Crippen LogP contribution in [0.25, 0.3) is 0 Å². The smallest absolute Gasteiger partial charge is 0.206 e. The van der Waals surface area contributed by atoms with Gasteiger partial charge in [0.15, 0.2) is 0 Å². The summed E-state index contributed by atoms with van der Waals surface area (Å²) < 4.78 is 54.2. The van der Waals surface area contributed by atoms with E-state index < -0.39 is 26.1 Å². The zero-order valence-corrected chi connectivity index (χ0v) is 16.6. The predicted molar refractivity (Wildman–Crippen MR) is 105 cm³/mol. The van der Waals surface area contributed by atoms with E-state index in [1.165, 1.54) is 24.3 Å². The highest BCUT2D eigenvalue weighted by atomic mass is 32.3. The number of nitrogens with zero attached hydrogens (tertiary/aromatic N) is 1. The van der Waals surface area contributed by atoms with Crippen LogP contribution < -0.4 is 0 Å². The number of sulfonamides is 2. The minimum Gasteiger partial charge on any atom is -0.206 e. The molecule has 5 nitrogen and oxygen atoms in total. The minimum atomic E-state index is -4.24. The molecule has 1 atom stereocenters. The minimum absolute atomic E-state index is 0.0278. The fraction of sp³-hybridized carbons (Fsp3) is 0.300. The molecule has 0 bridgehead atoms. The SMILES string of the molecule is O=S(=O)(c1ccccc1)N(C1/C=C\CCCCC1)S(=O)(=O)c1ccccc1. The Hall–Kier alpha value is -1.96. The number of allylic oxidation sites excluding steroid dienone is 1. The standard InChI is InChI=1S/C20H23NO4S2/c22-26(23,19-14-8-4-9-15-19)21(18-12-6-2-1-3-7-13-18)27(24,25)20-16-10-5-11-17-20/h4-6,8-12,14-18H,1-3,7,13H2/b12-6-. The van der Waals surface area contributed by atoms with Crippen molar-refractivity contribution in [1.82, 2.24) is 3.71 Å². The molecular weight excluding hydrogens is 382 g/mol. The molecule has 0 fully saturated rings. The molecule has 0 heterocycles. The molecule has 0 saturated carbocycles. The van der Waals surface area contributed by atoms with Gasteiger partial charge in [0.1, 0.15) is 0 Å². The fourth-order valence-electron chi connectivity index (χ4n) is 3.20. The Bertz CT molecular complexity index is 915. The van der Waals surface area contributed by atoms with Gasteiger partial charge in [-0.1, -0.05) is 65.1 Å². The Morgan fingerprint density at radius 3 is 1.74 bits per heavy atom. The number of hydrogen-bond acceptors (Lipinski definition) is 4. The second-order valence-corrected chi connectivity index (χ2v) is 10.4. The molecule has 0 spiro atoms. The summed E-state index contributed by atoms with van der Waals surface area (Å²) in [5.41, 5.74) is 0. The highest BCUT2D eigenvalue weighted by Gasteiger charge is 2.41. The zero-order valence-electron chi connectivity index (χ0n) is 14.9.